The summed E-state index contributed by atoms with van der Waals surface area (Å²) < 4.78 is 0. The van der Waals surface area contributed by atoms with E-state index in [2.05, 4.69) is 50.4 Å². The molecule has 0 fully saturated rings. The fourth-order valence-corrected chi connectivity index (χ4v) is 4.14. The Bertz CT molecular complexity index is 615. The van der Waals surface area contributed by atoms with Gasteiger partial charge in [-0.2, -0.15) is 0 Å². The van der Waals surface area contributed by atoms with E-state index in [-0.39, 0.29) is 0 Å². The lowest BCUT2D eigenvalue weighted by Crippen LogP contribution is -2.17. The molecule has 0 radical (unpaired) electrons. The van der Waals surface area contributed by atoms with Gasteiger partial charge in [-0.05, 0) is 36.4 Å². The zero-order valence-corrected chi connectivity index (χ0v) is 14.0. The van der Waals surface area contributed by atoms with Gasteiger partial charge < -0.3 is 5.32 Å². The van der Waals surface area contributed by atoms with Gasteiger partial charge in [-0.1, -0.05) is 45.0 Å². The average Bonchev–Trinajstić information content (AvgIpc) is 2.79. The Morgan fingerprint density at radius 2 is 2.14 bits per heavy atom. The number of benzene rings is 1. The van der Waals surface area contributed by atoms with Crippen LogP contribution in [0.15, 0.2) is 24.3 Å². The highest BCUT2D eigenvalue weighted by Gasteiger charge is 2.30. The third-order valence-electron chi connectivity index (χ3n) is 4.08. The first-order valence-corrected chi connectivity index (χ1v) is 8.77. The molecule has 1 heterocycles. The van der Waals surface area contributed by atoms with Gasteiger partial charge in [-0.15, -0.1) is 11.3 Å². The molecular formula is C18H24N2S. The van der Waals surface area contributed by atoms with Gasteiger partial charge in [0.05, 0.1) is 5.69 Å². The van der Waals surface area contributed by atoms with Crippen molar-refractivity contribution >= 4 is 11.3 Å². The van der Waals surface area contributed by atoms with Crippen LogP contribution in [-0.4, -0.2) is 11.5 Å². The molecule has 0 spiro atoms. The van der Waals surface area contributed by atoms with Gasteiger partial charge in [0, 0.05) is 17.3 Å². The van der Waals surface area contributed by atoms with Crippen molar-refractivity contribution in [2.24, 2.45) is 5.92 Å². The molecule has 0 aliphatic heterocycles. The normalized spacial score (nSPS) is 16.9. The van der Waals surface area contributed by atoms with E-state index in [0.29, 0.717) is 11.8 Å². The molecule has 21 heavy (non-hydrogen) atoms. The molecule has 0 amide bonds. The van der Waals surface area contributed by atoms with Gasteiger partial charge in [0.2, 0.25) is 0 Å². The predicted molar refractivity (Wildman–Crippen MR) is 90.0 cm³/mol. The fourth-order valence-electron chi connectivity index (χ4n) is 2.95. The van der Waals surface area contributed by atoms with Crippen LogP contribution < -0.4 is 5.32 Å². The molecule has 2 nitrogen and oxygen atoms in total. The Kier molecular flexibility index (Phi) is 4.41. The van der Waals surface area contributed by atoms with E-state index in [4.69, 9.17) is 4.98 Å². The second-order valence-corrected chi connectivity index (χ2v) is 7.37. The van der Waals surface area contributed by atoms with E-state index in [9.17, 15) is 0 Å². The van der Waals surface area contributed by atoms with Crippen molar-refractivity contribution in [1.82, 2.24) is 10.3 Å². The van der Waals surface area contributed by atoms with Gasteiger partial charge in [0.25, 0.3) is 0 Å². The van der Waals surface area contributed by atoms with Crippen LogP contribution in [0.3, 0.4) is 0 Å². The SMILES string of the molecule is CCNCc1sc(C2Cc3ccccc32)nc1CC(C)C. The Morgan fingerprint density at radius 3 is 2.86 bits per heavy atom. The van der Waals surface area contributed by atoms with Gasteiger partial charge in [-0.3, -0.25) is 0 Å². The Balaban J connectivity index is 1.85. The summed E-state index contributed by atoms with van der Waals surface area (Å²) in [5, 5.41) is 4.77. The van der Waals surface area contributed by atoms with Crippen LogP contribution in [0.1, 0.15) is 53.4 Å². The number of hydrogen-bond acceptors (Lipinski definition) is 3. The molecular weight excluding hydrogens is 276 g/mol. The van der Waals surface area contributed by atoms with Crippen LogP contribution in [0.2, 0.25) is 0 Å². The summed E-state index contributed by atoms with van der Waals surface area (Å²) in [5.74, 6) is 1.20. The smallest absolute Gasteiger partial charge is 0.101 e. The molecule has 0 bridgehead atoms. The van der Waals surface area contributed by atoms with Crippen LogP contribution in [0, 0.1) is 5.92 Å². The highest BCUT2D eigenvalue weighted by molar-refractivity contribution is 7.11. The number of hydrogen-bond donors (Lipinski definition) is 1. The van der Waals surface area contributed by atoms with Crippen molar-refractivity contribution in [1.29, 1.82) is 0 Å². The van der Waals surface area contributed by atoms with E-state index < -0.39 is 0 Å². The first-order chi connectivity index (χ1) is 10.2. The monoisotopic (exact) mass is 300 g/mol. The van der Waals surface area contributed by atoms with Crippen molar-refractivity contribution in [3.05, 3.63) is 51.0 Å². The summed E-state index contributed by atoms with van der Waals surface area (Å²) >= 11 is 1.92. The standard InChI is InChI=1S/C18H24N2S/c1-4-19-11-17-16(9-12(2)3)20-18(21-17)15-10-13-7-5-6-8-14(13)15/h5-8,12,15,19H,4,9-11H2,1-3H3. The number of fused-ring (bicyclic) bond motifs is 1. The minimum absolute atomic E-state index is 0.535. The summed E-state index contributed by atoms with van der Waals surface area (Å²) in [6.07, 6.45) is 2.25. The average molecular weight is 300 g/mol. The van der Waals surface area contributed by atoms with Gasteiger partial charge in [0.1, 0.15) is 5.01 Å². The minimum Gasteiger partial charge on any atom is -0.312 e. The van der Waals surface area contributed by atoms with E-state index in [0.717, 1.165) is 25.9 Å². The largest absolute Gasteiger partial charge is 0.312 e. The van der Waals surface area contributed by atoms with Crippen molar-refractivity contribution in [3.8, 4) is 0 Å². The number of rotatable bonds is 6. The predicted octanol–water partition coefficient (Wildman–Crippen LogP) is 4.14. The van der Waals surface area contributed by atoms with Crippen molar-refractivity contribution in [3.63, 3.8) is 0 Å². The minimum atomic E-state index is 0.535. The number of aromatic nitrogens is 1. The number of nitrogens with one attached hydrogen (secondary N) is 1. The highest BCUT2D eigenvalue weighted by Crippen LogP contribution is 2.42. The Hall–Kier alpha value is -1.19. The molecule has 1 aliphatic carbocycles. The summed E-state index contributed by atoms with van der Waals surface area (Å²) in [6, 6.07) is 8.79. The first-order valence-electron chi connectivity index (χ1n) is 7.96. The molecule has 112 valence electrons. The van der Waals surface area contributed by atoms with Crippen LogP contribution in [0.25, 0.3) is 0 Å². The molecule has 1 aromatic heterocycles. The molecule has 3 heteroatoms. The Morgan fingerprint density at radius 1 is 1.33 bits per heavy atom. The van der Waals surface area contributed by atoms with E-state index in [1.165, 1.54) is 26.7 Å². The van der Waals surface area contributed by atoms with Crippen molar-refractivity contribution in [2.45, 2.75) is 46.1 Å². The zero-order chi connectivity index (χ0) is 14.8. The highest BCUT2D eigenvalue weighted by atomic mass is 32.1. The molecule has 1 unspecified atom stereocenters. The van der Waals surface area contributed by atoms with Crippen LogP contribution >= 0.6 is 11.3 Å². The molecule has 2 aromatic rings. The third-order valence-corrected chi connectivity index (χ3v) is 5.30. The fraction of sp³-hybridized carbons (Fsp3) is 0.500. The lowest BCUT2D eigenvalue weighted by atomic mass is 9.78. The molecule has 1 atom stereocenters. The second-order valence-electron chi connectivity index (χ2n) is 6.26. The topological polar surface area (TPSA) is 24.9 Å². The van der Waals surface area contributed by atoms with Crippen LogP contribution in [-0.2, 0) is 19.4 Å². The van der Waals surface area contributed by atoms with Crippen LogP contribution in [0.5, 0.6) is 0 Å². The maximum absolute atomic E-state index is 5.00. The van der Waals surface area contributed by atoms with Gasteiger partial charge in [0.15, 0.2) is 0 Å². The van der Waals surface area contributed by atoms with Crippen molar-refractivity contribution in [2.75, 3.05) is 6.54 Å². The molecule has 1 aliphatic rings. The number of nitrogens with zero attached hydrogens (tertiary/aromatic N) is 1. The zero-order valence-electron chi connectivity index (χ0n) is 13.1. The van der Waals surface area contributed by atoms with E-state index >= 15 is 0 Å². The maximum Gasteiger partial charge on any atom is 0.101 e. The lowest BCUT2D eigenvalue weighted by molar-refractivity contribution is 0.621. The van der Waals surface area contributed by atoms with E-state index in [1.807, 2.05) is 11.3 Å². The second kappa shape index (κ2) is 6.29. The first kappa shape index (κ1) is 14.7. The molecule has 1 N–H and O–H groups in total. The van der Waals surface area contributed by atoms with Crippen LogP contribution in [0.4, 0.5) is 0 Å². The quantitative estimate of drug-likeness (QED) is 0.867. The Labute approximate surface area is 131 Å². The maximum atomic E-state index is 5.00. The molecule has 1 aromatic carbocycles. The summed E-state index contributed by atoms with van der Waals surface area (Å²) in [6.45, 7) is 8.68. The number of thiazole rings is 1. The third kappa shape index (κ3) is 3.04. The summed E-state index contributed by atoms with van der Waals surface area (Å²) in [7, 11) is 0. The van der Waals surface area contributed by atoms with Gasteiger partial charge >= 0.3 is 0 Å². The summed E-state index contributed by atoms with van der Waals surface area (Å²) in [4.78, 5) is 6.44. The van der Waals surface area contributed by atoms with Gasteiger partial charge in [-0.25, -0.2) is 4.98 Å². The lowest BCUT2D eigenvalue weighted by Gasteiger charge is -2.28. The summed E-state index contributed by atoms with van der Waals surface area (Å²) in [5.41, 5.74) is 4.30. The van der Waals surface area contributed by atoms with Crippen molar-refractivity contribution < 1.29 is 0 Å². The molecule has 3 rings (SSSR count). The van der Waals surface area contributed by atoms with E-state index in [1.54, 1.807) is 0 Å². The molecule has 0 saturated carbocycles. The molecule has 0 saturated heterocycles.